The third-order valence-corrected chi connectivity index (χ3v) is 3.32. The zero-order valence-electron chi connectivity index (χ0n) is 8.33. The largest absolute Gasteiger partial charge is 0.360 e. The number of hydrogen-bond donors (Lipinski definition) is 2. The molecule has 3 rings (SSSR count). The van der Waals surface area contributed by atoms with Gasteiger partial charge in [-0.2, -0.15) is 0 Å². The third kappa shape index (κ3) is 1.39. The summed E-state index contributed by atoms with van der Waals surface area (Å²) in [5.41, 5.74) is 4.93. The van der Waals surface area contributed by atoms with Gasteiger partial charge in [0.1, 0.15) is 6.23 Å². The van der Waals surface area contributed by atoms with E-state index in [0.717, 1.165) is 32.8 Å². The molecule has 4 heteroatoms. The molecule has 0 aliphatic carbocycles. The maximum atomic E-state index is 5.74. The predicted molar refractivity (Wildman–Crippen MR) is 53.5 cm³/mol. The lowest BCUT2D eigenvalue weighted by molar-refractivity contribution is 0.0256. The van der Waals surface area contributed by atoms with Gasteiger partial charge >= 0.3 is 0 Å². The zero-order valence-corrected chi connectivity index (χ0v) is 8.33. The molecule has 0 saturated carbocycles. The van der Waals surface area contributed by atoms with Crippen molar-refractivity contribution in [2.45, 2.75) is 12.6 Å². The Bertz CT molecular complexity index is 254. The van der Waals surface area contributed by atoms with Crippen LogP contribution in [0.1, 0.15) is 6.42 Å². The Kier molecular flexibility index (Phi) is 2.29. The van der Waals surface area contributed by atoms with Crippen molar-refractivity contribution < 1.29 is 4.74 Å². The molecule has 0 spiro atoms. The summed E-state index contributed by atoms with van der Waals surface area (Å²) in [5.74, 6) is 0.560. The van der Waals surface area contributed by atoms with Crippen LogP contribution >= 0.6 is 0 Å². The number of hydrogen-bond acceptors (Lipinski definition) is 4. The first-order chi connectivity index (χ1) is 6.95. The molecule has 3 aliphatic rings. The van der Waals surface area contributed by atoms with Gasteiger partial charge < -0.3 is 10.1 Å². The number of hydrazine groups is 1. The fraction of sp³-hybridized carbons (Fsp3) is 0.800. The Morgan fingerprint density at radius 2 is 2.50 bits per heavy atom. The SMILES string of the molecule is C1=C(C2CNN3CCOC23)CNCC1. The van der Waals surface area contributed by atoms with Gasteiger partial charge in [0.2, 0.25) is 0 Å². The molecule has 0 amide bonds. The Hall–Kier alpha value is -0.420. The van der Waals surface area contributed by atoms with Crippen molar-refractivity contribution in [2.24, 2.45) is 5.92 Å². The molecule has 3 aliphatic heterocycles. The molecule has 4 nitrogen and oxygen atoms in total. The molecule has 78 valence electrons. The van der Waals surface area contributed by atoms with Crippen LogP contribution in [0.25, 0.3) is 0 Å². The molecule has 2 N–H and O–H groups in total. The lowest BCUT2D eigenvalue weighted by atomic mass is 9.95. The van der Waals surface area contributed by atoms with Gasteiger partial charge in [0.15, 0.2) is 0 Å². The second kappa shape index (κ2) is 3.62. The smallest absolute Gasteiger partial charge is 0.130 e. The van der Waals surface area contributed by atoms with Crippen LogP contribution in [-0.4, -0.2) is 44.0 Å². The molecule has 2 atom stereocenters. The Balaban J connectivity index is 1.75. The molecule has 0 aromatic carbocycles. The second-order valence-electron chi connectivity index (χ2n) is 4.17. The van der Waals surface area contributed by atoms with E-state index in [-0.39, 0.29) is 0 Å². The van der Waals surface area contributed by atoms with Crippen LogP contribution in [0.15, 0.2) is 11.6 Å². The maximum absolute atomic E-state index is 5.74. The van der Waals surface area contributed by atoms with Crippen LogP contribution in [0.2, 0.25) is 0 Å². The summed E-state index contributed by atoms with van der Waals surface area (Å²) in [6.45, 7) is 5.11. The lowest BCUT2D eigenvalue weighted by Gasteiger charge is -2.23. The molecular formula is C10H17N3O. The van der Waals surface area contributed by atoms with Crippen molar-refractivity contribution in [2.75, 3.05) is 32.8 Å². The summed E-state index contributed by atoms with van der Waals surface area (Å²) in [6.07, 6.45) is 3.84. The number of fused-ring (bicyclic) bond motifs is 1. The summed E-state index contributed by atoms with van der Waals surface area (Å²) >= 11 is 0. The van der Waals surface area contributed by atoms with Gasteiger partial charge in [-0.25, -0.2) is 5.01 Å². The van der Waals surface area contributed by atoms with Crippen LogP contribution in [0.5, 0.6) is 0 Å². The van der Waals surface area contributed by atoms with Gasteiger partial charge in [0.25, 0.3) is 0 Å². The molecule has 14 heavy (non-hydrogen) atoms. The summed E-state index contributed by atoms with van der Waals surface area (Å²) < 4.78 is 5.74. The van der Waals surface area contributed by atoms with Crippen molar-refractivity contribution >= 4 is 0 Å². The number of nitrogens with one attached hydrogen (secondary N) is 2. The van der Waals surface area contributed by atoms with Crippen molar-refractivity contribution in [3.8, 4) is 0 Å². The van der Waals surface area contributed by atoms with Crippen molar-refractivity contribution in [1.82, 2.24) is 15.8 Å². The quantitative estimate of drug-likeness (QED) is 0.563. The minimum atomic E-state index is 0.293. The molecule has 0 aromatic rings. The van der Waals surface area contributed by atoms with E-state index < -0.39 is 0 Å². The minimum absolute atomic E-state index is 0.293. The van der Waals surface area contributed by atoms with Crippen LogP contribution in [-0.2, 0) is 4.74 Å². The standard InChI is InChI=1S/C10H17N3O/c1-2-8(6-11-3-1)9-7-12-13-4-5-14-10(9)13/h2,9-12H,1,3-7H2. The normalized spacial score (nSPS) is 38.4. The summed E-state index contributed by atoms with van der Waals surface area (Å²) in [4.78, 5) is 0. The number of ether oxygens (including phenoxy) is 1. The van der Waals surface area contributed by atoms with E-state index in [2.05, 4.69) is 21.8 Å². The van der Waals surface area contributed by atoms with Crippen LogP contribution in [0.4, 0.5) is 0 Å². The second-order valence-corrected chi connectivity index (χ2v) is 4.17. The van der Waals surface area contributed by atoms with E-state index in [1.807, 2.05) is 0 Å². The van der Waals surface area contributed by atoms with E-state index >= 15 is 0 Å². The Morgan fingerprint density at radius 1 is 1.50 bits per heavy atom. The average Bonchev–Trinajstić information content (AvgIpc) is 2.79. The van der Waals surface area contributed by atoms with Crippen molar-refractivity contribution in [1.29, 1.82) is 0 Å². The first-order valence-electron chi connectivity index (χ1n) is 5.46. The molecule has 2 fully saturated rings. The van der Waals surface area contributed by atoms with E-state index in [1.165, 1.54) is 12.0 Å². The van der Waals surface area contributed by atoms with Gasteiger partial charge in [-0.05, 0) is 13.0 Å². The van der Waals surface area contributed by atoms with Gasteiger partial charge in [0.05, 0.1) is 6.61 Å². The monoisotopic (exact) mass is 195 g/mol. The van der Waals surface area contributed by atoms with Crippen molar-refractivity contribution in [3.63, 3.8) is 0 Å². The highest BCUT2D eigenvalue weighted by Gasteiger charge is 2.40. The fourth-order valence-corrected chi connectivity index (χ4v) is 2.57. The number of rotatable bonds is 1. The van der Waals surface area contributed by atoms with E-state index in [1.54, 1.807) is 0 Å². The Labute approximate surface area is 84.3 Å². The van der Waals surface area contributed by atoms with Crippen LogP contribution < -0.4 is 10.7 Å². The first-order valence-corrected chi connectivity index (χ1v) is 5.46. The van der Waals surface area contributed by atoms with Gasteiger partial charge in [-0.15, -0.1) is 0 Å². The molecule has 2 saturated heterocycles. The minimum Gasteiger partial charge on any atom is -0.360 e. The molecule has 0 bridgehead atoms. The van der Waals surface area contributed by atoms with Gasteiger partial charge in [0, 0.05) is 25.6 Å². The number of nitrogens with zero attached hydrogens (tertiary/aromatic N) is 1. The molecule has 3 heterocycles. The summed E-state index contributed by atoms with van der Waals surface area (Å²) in [5, 5.41) is 5.66. The molecule has 2 unspecified atom stereocenters. The third-order valence-electron chi connectivity index (χ3n) is 3.32. The highest BCUT2D eigenvalue weighted by Crippen LogP contribution is 2.28. The molecule has 0 aromatic heterocycles. The summed E-state index contributed by atoms with van der Waals surface area (Å²) in [6, 6.07) is 0. The van der Waals surface area contributed by atoms with E-state index in [0.29, 0.717) is 12.1 Å². The van der Waals surface area contributed by atoms with Crippen LogP contribution in [0.3, 0.4) is 0 Å². The van der Waals surface area contributed by atoms with E-state index in [9.17, 15) is 0 Å². The van der Waals surface area contributed by atoms with Crippen molar-refractivity contribution in [3.05, 3.63) is 11.6 Å². The highest BCUT2D eigenvalue weighted by atomic mass is 16.5. The fourth-order valence-electron chi connectivity index (χ4n) is 2.57. The zero-order chi connectivity index (χ0) is 9.38. The van der Waals surface area contributed by atoms with Gasteiger partial charge in [-0.3, -0.25) is 5.43 Å². The average molecular weight is 195 g/mol. The molecule has 0 radical (unpaired) electrons. The maximum Gasteiger partial charge on any atom is 0.130 e. The van der Waals surface area contributed by atoms with Gasteiger partial charge in [-0.1, -0.05) is 11.6 Å². The van der Waals surface area contributed by atoms with Crippen LogP contribution in [0, 0.1) is 5.92 Å². The summed E-state index contributed by atoms with van der Waals surface area (Å²) in [7, 11) is 0. The Morgan fingerprint density at radius 3 is 3.36 bits per heavy atom. The molecular weight excluding hydrogens is 178 g/mol. The lowest BCUT2D eigenvalue weighted by Crippen LogP contribution is -2.34. The van der Waals surface area contributed by atoms with E-state index in [4.69, 9.17) is 4.74 Å². The topological polar surface area (TPSA) is 36.5 Å². The first kappa shape index (κ1) is 8.85. The predicted octanol–water partition coefficient (Wildman–Crippen LogP) is -0.301. The highest BCUT2D eigenvalue weighted by molar-refractivity contribution is 5.15.